The molecular formula is C49H47N8O+. The molecule has 0 saturated carbocycles. The molecule has 0 radical (unpaired) electrons. The molecule has 0 bridgehead atoms. The Balaban J connectivity index is 1.05. The van der Waals surface area contributed by atoms with Crippen LogP contribution in [-0.4, -0.2) is 35.2 Å². The summed E-state index contributed by atoms with van der Waals surface area (Å²) >= 11 is 0. The number of rotatable bonds is 6. The Labute approximate surface area is 339 Å². The van der Waals surface area contributed by atoms with E-state index >= 15 is 0 Å². The minimum Gasteiger partial charge on any atom is -0.439 e. The van der Waals surface area contributed by atoms with Crippen molar-refractivity contribution in [1.82, 2.24) is 29.5 Å². The lowest BCUT2D eigenvalue weighted by atomic mass is 9.90. The normalized spacial score (nSPS) is 14.8. The van der Waals surface area contributed by atoms with E-state index in [2.05, 4.69) is 132 Å². The molecule has 0 N–H and O–H groups in total. The van der Waals surface area contributed by atoms with E-state index in [1.807, 2.05) is 54.7 Å². The number of allylic oxidation sites excluding steroid dienone is 4. The summed E-state index contributed by atoms with van der Waals surface area (Å²) in [6.07, 6.45) is 10.3. The third-order valence-corrected chi connectivity index (χ3v) is 10.7. The summed E-state index contributed by atoms with van der Waals surface area (Å²) in [6.45, 7) is 19.3. The molecule has 2 aliphatic rings. The largest absolute Gasteiger partial charge is 0.439 e. The summed E-state index contributed by atoms with van der Waals surface area (Å²) in [5.41, 5.74) is 11.8. The summed E-state index contributed by atoms with van der Waals surface area (Å²) in [6, 6.07) is 28.9. The van der Waals surface area contributed by atoms with Crippen LogP contribution in [0.4, 0.5) is 5.95 Å². The zero-order valence-corrected chi connectivity index (χ0v) is 34.5. The van der Waals surface area contributed by atoms with E-state index in [1.54, 1.807) is 0 Å². The van der Waals surface area contributed by atoms with Crippen LogP contribution in [0.25, 0.3) is 50.6 Å². The van der Waals surface area contributed by atoms with Gasteiger partial charge in [0.25, 0.3) is 0 Å². The number of aromatic nitrogens is 7. The maximum absolute atomic E-state index is 6.50. The first-order valence-electron chi connectivity index (χ1n) is 19.8. The quantitative estimate of drug-likeness (QED) is 0.157. The number of fused-ring (bicyclic) bond motifs is 5. The number of ether oxygens (including phenoxy) is 1. The van der Waals surface area contributed by atoms with Crippen molar-refractivity contribution in [1.29, 1.82) is 0 Å². The smallest absolute Gasteiger partial charge is 0.407 e. The van der Waals surface area contributed by atoms with Gasteiger partial charge in [-0.1, -0.05) is 89.0 Å². The SMILES string of the molecule is Cc1cnc(-c2cccc(Oc3ccc4c(n3)n(-c3ccccc3)c3[n+]4C4C=CC=CC4=N3)c2)cc1-c1c(C)cc(-c2nc(C(C)(C)C)nc(C(C)(C)C)n2)cc1C. The van der Waals surface area contributed by atoms with Gasteiger partial charge < -0.3 is 4.74 Å². The lowest BCUT2D eigenvalue weighted by Gasteiger charge is -2.23. The first kappa shape index (κ1) is 37.0. The van der Waals surface area contributed by atoms with Crippen LogP contribution in [0.2, 0.25) is 0 Å². The molecule has 0 saturated heterocycles. The molecule has 9 rings (SSSR count). The second-order valence-corrected chi connectivity index (χ2v) is 17.4. The summed E-state index contributed by atoms with van der Waals surface area (Å²) in [5, 5.41) is 0. The van der Waals surface area contributed by atoms with Crippen LogP contribution in [0.1, 0.15) is 75.9 Å². The third-order valence-electron chi connectivity index (χ3n) is 10.7. The zero-order valence-electron chi connectivity index (χ0n) is 34.5. The first-order valence-corrected chi connectivity index (χ1v) is 19.8. The number of benzene rings is 3. The predicted octanol–water partition coefficient (Wildman–Crippen LogP) is 11.0. The highest BCUT2D eigenvalue weighted by Crippen LogP contribution is 2.38. The minimum absolute atomic E-state index is 0.0221. The summed E-state index contributed by atoms with van der Waals surface area (Å²) in [5.74, 6) is 4.30. The van der Waals surface area contributed by atoms with Crippen LogP contribution in [0.5, 0.6) is 11.6 Å². The first-order chi connectivity index (χ1) is 27.7. The summed E-state index contributed by atoms with van der Waals surface area (Å²) in [4.78, 5) is 29.9. The van der Waals surface area contributed by atoms with Gasteiger partial charge in [0.05, 0.1) is 5.69 Å². The van der Waals surface area contributed by atoms with Crippen LogP contribution < -0.4 is 9.30 Å². The molecule has 5 heterocycles. The molecule has 0 amide bonds. The minimum atomic E-state index is -0.211. The van der Waals surface area contributed by atoms with Gasteiger partial charge in [0.15, 0.2) is 23.1 Å². The molecular weight excluding hydrogens is 717 g/mol. The number of aliphatic imine (C=N–C) groups is 1. The van der Waals surface area contributed by atoms with E-state index in [-0.39, 0.29) is 16.9 Å². The van der Waals surface area contributed by atoms with Gasteiger partial charge in [-0.15, -0.1) is 0 Å². The van der Waals surface area contributed by atoms with E-state index in [0.717, 1.165) is 79.2 Å². The molecule has 3 aromatic carbocycles. The number of hydrogen-bond donors (Lipinski definition) is 0. The van der Waals surface area contributed by atoms with Crippen LogP contribution in [0.3, 0.4) is 0 Å². The van der Waals surface area contributed by atoms with Crippen molar-refractivity contribution in [2.45, 2.75) is 79.2 Å². The zero-order chi connectivity index (χ0) is 40.5. The van der Waals surface area contributed by atoms with Crippen molar-refractivity contribution in [3.63, 3.8) is 0 Å². The molecule has 0 fully saturated rings. The highest BCUT2D eigenvalue weighted by atomic mass is 16.5. The van der Waals surface area contributed by atoms with Crippen LogP contribution in [0, 0.1) is 20.8 Å². The van der Waals surface area contributed by atoms with Crippen LogP contribution >= 0.6 is 0 Å². The van der Waals surface area contributed by atoms with Crippen molar-refractivity contribution in [2.24, 2.45) is 4.99 Å². The Morgan fingerprint density at radius 3 is 2.12 bits per heavy atom. The van der Waals surface area contributed by atoms with Crippen LogP contribution in [-0.2, 0) is 10.8 Å². The van der Waals surface area contributed by atoms with E-state index in [1.165, 1.54) is 5.56 Å². The second-order valence-electron chi connectivity index (χ2n) is 17.4. The molecule has 1 aliphatic carbocycles. The molecule has 58 heavy (non-hydrogen) atoms. The highest BCUT2D eigenvalue weighted by molar-refractivity contribution is 6.02. The Hall–Kier alpha value is -6.61. The molecule has 9 nitrogen and oxygen atoms in total. The second kappa shape index (κ2) is 13.8. The summed E-state index contributed by atoms with van der Waals surface area (Å²) < 4.78 is 10.8. The number of pyridine rings is 2. The van der Waals surface area contributed by atoms with Crippen molar-refractivity contribution >= 4 is 22.8 Å². The number of imidazole rings is 1. The predicted molar refractivity (Wildman–Crippen MR) is 231 cm³/mol. The van der Waals surface area contributed by atoms with Gasteiger partial charge >= 0.3 is 5.95 Å². The maximum Gasteiger partial charge on any atom is 0.407 e. The van der Waals surface area contributed by atoms with Gasteiger partial charge in [-0.25, -0.2) is 19.5 Å². The molecule has 0 spiro atoms. The fraction of sp³-hybridized carbons (Fsp3) is 0.245. The Bertz CT molecular complexity index is 2810. The standard InChI is InChI=1S/C49H47N8O/c1-29-24-33(43-53-45(48(4,5)6)55-46(54-43)49(7,8)9)25-30(2)42(29)36-27-38(50-28-31(36)3)32-16-15-19-35(26-32)58-41-23-22-40-44(52-41)56(34-17-11-10-12-18-34)47-51-37-20-13-14-21-39(37)57(40)47/h10-28,39H,1-9H3/q+1. The van der Waals surface area contributed by atoms with Gasteiger partial charge in [-0.3, -0.25) is 4.98 Å². The Morgan fingerprint density at radius 2 is 1.41 bits per heavy atom. The number of para-hydroxylation sites is 1. The lowest BCUT2D eigenvalue weighted by Crippen LogP contribution is -2.38. The monoisotopic (exact) mass is 763 g/mol. The van der Waals surface area contributed by atoms with Crippen molar-refractivity contribution in [3.8, 4) is 51.1 Å². The average Bonchev–Trinajstić information content (AvgIpc) is 3.72. The molecule has 1 atom stereocenters. The van der Waals surface area contributed by atoms with Gasteiger partial charge in [0.2, 0.25) is 11.5 Å². The average molecular weight is 764 g/mol. The molecule has 4 aromatic heterocycles. The highest BCUT2D eigenvalue weighted by Gasteiger charge is 2.39. The van der Waals surface area contributed by atoms with E-state index < -0.39 is 0 Å². The number of aryl methyl sites for hydroxylation is 3. The Kier molecular flexibility index (Phi) is 8.80. The Morgan fingerprint density at radius 1 is 0.690 bits per heavy atom. The van der Waals surface area contributed by atoms with E-state index in [9.17, 15) is 0 Å². The maximum atomic E-state index is 6.50. The molecule has 9 heteroatoms. The van der Waals surface area contributed by atoms with Crippen molar-refractivity contribution < 1.29 is 9.30 Å². The molecule has 1 unspecified atom stereocenters. The summed E-state index contributed by atoms with van der Waals surface area (Å²) in [7, 11) is 0. The third kappa shape index (κ3) is 6.60. The number of hydrogen-bond acceptors (Lipinski definition) is 7. The fourth-order valence-corrected chi connectivity index (χ4v) is 7.78. The van der Waals surface area contributed by atoms with Gasteiger partial charge in [0.1, 0.15) is 23.1 Å². The van der Waals surface area contributed by atoms with Gasteiger partial charge in [-0.05, 0) is 109 Å². The van der Waals surface area contributed by atoms with Crippen LogP contribution in [0.15, 0.2) is 120 Å². The lowest BCUT2D eigenvalue weighted by molar-refractivity contribution is -0.652. The molecule has 7 aromatic rings. The topological polar surface area (TPSA) is 94.9 Å². The van der Waals surface area contributed by atoms with E-state index in [0.29, 0.717) is 17.5 Å². The van der Waals surface area contributed by atoms with Gasteiger partial charge in [-0.2, -0.15) is 9.55 Å². The van der Waals surface area contributed by atoms with Crippen molar-refractivity contribution in [2.75, 3.05) is 0 Å². The number of nitrogens with zero attached hydrogens (tertiary/aromatic N) is 8. The van der Waals surface area contributed by atoms with Crippen molar-refractivity contribution in [3.05, 3.63) is 144 Å². The fourth-order valence-electron chi connectivity index (χ4n) is 7.78. The molecule has 288 valence electrons. The van der Waals surface area contributed by atoms with Gasteiger partial charge in [0, 0.05) is 34.2 Å². The van der Waals surface area contributed by atoms with E-state index in [4.69, 9.17) is 34.6 Å². The molecule has 1 aliphatic heterocycles.